The first-order valence-corrected chi connectivity index (χ1v) is 6.28. The van der Waals surface area contributed by atoms with Crippen molar-refractivity contribution < 1.29 is 9.53 Å². The van der Waals surface area contributed by atoms with Gasteiger partial charge in [-0.05, 0) is 25.8 Å². The molecule has 16 heavy (non-hydrogen) atoms. The van der Waals surface area contributed by atoms with Gasteiger partial charge in [0, 0.05) is 13.7 Å². The molecule has 0 aromatic rings. The third-order valence-corrected chi connectivity index (χ3v) is 3.02. The summed E-state index contributed by atoms with van der Waals surface area (Å²) in [5, 5.41) is 6.35. The minimum absolute atomic E-state index is 0.143. The number of carbonyl (C=O) groups excluding carboxylic acids is 1. The van der Waals surface area contributed by atoms with Gasteiger partial charge in [-0.2, -0.15) is 0 Å². The summed E-state index contributed by atoms with van der Waals surface area (Å²) in [6, 6.07) is 0.171. The van der Waals surface area contributed by atoms with Crippen molar-refractivity contribution >= 4 is 5.91 Å². The second kappa shape index (κ2) is 7.63. The normalized spacial score (nSPS) is 22.8. The van der Waals surface area contributed by atoms with Crippen LogP contribution in [0.1, 0.15) is 32.6 Å². The first-order chi connectivity index (χ1) is 7.77. The third kappa shape index (κ3) is 4.49. The number of nitrogens with one attached hydrogen (secondary N) is 2. The topological polar surface area (TPSA) is 50.4 Å². The van der Waals surface area contributed by atoms with Gasteiger partial charge in [-0.1, -0.05) is 13.3 Å². The van der Waals surface area contributed by atoms with E-state index in [1.54, 1.807) is 7.11 Å². The number of carbonyl (C=O) groups is 1. The lowest BCUT2D eigenvalue weighted by atomic mass is 9.98. The van der Waals surface area contributed by atoms with Crippen LogP contribution in [0.5, 0.6) is 0 Å². The van der Waals surface area contributed by atoms with E-state index in [9.17, 15) is 4.79 Å². The Balaban J connectivity index is 2.33. The number of methoxy groups -OCH3 is 1. The Morgan fingerprint density at radius 1 is 1.62 bits per heavy atom. The Morgan fingerprint density at radius 3 is 3.00 bits per heavy atom. The van der Waals surface area contributed by atoms with Gasteiger partial charge in [0.15, 0.2) is 0 Å². The Bertz CT molecular complexity index is 197. The number of piperidine rings is 1. The fraction of sp³-hybridized carbons (Fsp3) is 0.917. The van der Waals surface area contributed by atoms with Crippen LogP contribution < -0.4 is 10.6 Å². The van der Waals surface area contributed by atoms with Crippen LogP contribution in [0.4, 0.5) is 0 Å². The predicted octanol–water partition coefficient (Wildman–Crippen LogP) is 0.917. The molecule has 0 aromatic carbocycles. The number of rotatable bonds is 6. The van der Waals surface area contributed by atoms with Gasteiger partial charge in [0.1, 0.15) is 0 Å². The van der Waals surface area contributed by atoms with Crippen LogP contribution in [0.15, 0.2) is 0 Å². The van der Waals surface area contributed by atoms with E-state index in [-0.39, 0.29) is 17.9 Å². The highest BCUT2D eigenvalue weighted by atomic mass is 16.5. The summed E-state index contributed by atoms with van der Waals surface area (Å²) in [4.78, 5) is 12.0. The third-order valence-electron chi connectivity index (χ3n) is 3.02. The van der Waals surface area contributed by atoms with Gasteiger partial charge in [0.25, 0.3) is 0 Å². The van der Waals surface area contributed by atoms with E-state index in [0.29, 0.717) is 6.61 Å². The van der Waals surface area contributed by atoms with Crippen LogP contribution in [-0.2, 0) is 9.53 Å². The minimum atomic E-state index is 0.143. The average molecular weight is 228 g/mol. The Morgan fingerprint density at radius 2 is 2.44 bits per heavy atom. The summed E-state index contributed by atoms with van der Waals surface area (Å²) in [6.45, 7) is 4.59. The van der Waals surface area contributed by atoms with Gasteiger partial charge < -0.3 is 15.4 Å². The van der Waals surface area contributed by atoms with Gasteiger partial charge >= 0.3 is 0 Å². The highest BCUT2D eigenvalue weighted by molar-refractivity contribution is 5.79. The van der Waals surface area contributed by atoms with Crippen molar-refractivity contribution in [1.29, 1.82) is 0 Å². The second-order valence-corrected chi connectivity index (χ2v) is 4.49. The number of hydrogen-bond donors (Lipinski definition) is 2. The lowest BCUT2D eigenvalue weighted by Crippen LogP contribution is -2.45. The molecule has 1 aliphatic rings. The fourth-order valence-electron chi connectivity index (χ4n) is 2.14. The molecule has 1 unspecified atom stereocenters. The van der Waals surface area contributed by atoms with Crippen molar-refractivity contribution in [2.75, 3.05) is 26.8 Å². The Labute approximate surface area is 98.1 Å². The molecule has 1 rings (SSSR count). The van der Waals surface area contributed by atoms with Crippen molar-refractivity contribution in [3.8, 4) is 0 Å². The van der Waals surface area contributed by atoms with Crippen molar-refractivity contribution in [2.45, 2.75) is 38.6 Å². The zero-order valence-corrected chi connectivity index (χ0v) is 10.4. The van der Waals surface area contributed by atoms with E-state index in [0.717, 1.165) is 38.8 Å². The summed E-state index contributed by atoms with van der Waals surface area (Å²) in [6.07, 6.45) is 4.16. The first kappa shape index (κ1) is 13.5. The molecular weight excluding hydrogens is 204 g/mol. The Kier molecular flexibility index (Phi) is 6.42. The molecular formula is C12H24N2O2. The van der Waals surface area contributed by atoms with Crippen LogP contribution in [0.25, 0.3) is 0 Å². The first-order valence-electron chi connectivity index (χ1n) is 6.28. The molecule has 0 spiro atoms. The van der Waals surface area contributed by atoms with Crippen molar-refractivity contribution in [3.05, 3.63) is 0 Å². The summed E-state index contributed by atoms with van der Waals surface area (Å²) in [5.74, 6) is 0.327. The standard InChI is InChI=1S/C12H24N2O2/c1-3-5-11(9-16-2)14-12(15)10-6-4-7-13-8-10/h10-11,13H,3-9H2,1-2H3,(H,14,15)/t10-,11?/m0/s1. The Hall–Kier alpha value is -0.610. The maximum Gasteiger partial charge on any atom is 0.224 e. The van der Waals surface area contributed by atoms with E-state index in [4.69, 9.17) is 4.74 Å². The summed E-state index contributed by atoms with van der Waals surface area (Å²) in [7, 11) is 1.68. The van der Waals surface area contributed by atoms with E-state index in [2.05, 4.69) is 17.6 Å². The zero-order chi connectivity index (χ0) is 11.8. The van der Waals surface area contributed by atoms with Crippen molar-refractivity contribution in [3.63, 3.8) is 0 Å². The molecule has 1 saturated heterocycles. The highest BCUT2D eigenvalue weighted by Crippen LogP contribution is 2.10. The molecule has 0 bridgehead atoms. The maximum atomic E-state index is 12.0. The molecule has 2 N–H and O–H groups in total. The van der Waals surface area contributed by atoms with Crippen LogP contribution in [-0.4, -0.2) is 38.8 Å². The molecule has 0 radical (unpaired) electrons. The molecule has 0 aliphatic carbocycles. The smallest absolute Gasteiger partial charge is 0.224 e. The quantitative estimate of drug-likeness (QED) is 0.710. The fourth-order valence-corrected chi connectivity index (χ4v) is 2.14. The molecule has 2 atom stereocenters. The van der Waals surface area contributed by atoms with E-state index in [1.807, 2.05) is 0 Å². The van der Waals surface area contributed by atoms with Gasteiger partial charge in [0.05, 0.1) is 18.6 Å². The van der Waals surface area contributed by atoms with Gasteiger partial charge in [-0.3, -0.25) is 4.79 Å². The zero-order valence-electron chi connectivity index (χ0n) is 10.4. The number of ether oxygens (including phenoxy) is 1. The molecule has 1 heterocycles. The lowest BCUT2D eigenvalue weighted by Gasteiger charge is -2.25. The minimum Gasteiger partial charge on any atom is -0.383 e. The molecule has 1 aliphatic heterocycles. The predicted molar refractivity (Wildman–Crippen MR) is 64.3 cm³/mol. The largest absolute Gasteiger partial charge is 0.383 e. The molecule has 4 nitrogen and oxygen atoms in total. The van der Waals surface area contributed by atoms with Crippen molar-refractivity contribution in [1.82, 2.24) is 10.6 Å². The average Bonchev–Trinajstić information content (AvgIpc) is 2.31. The van der Waals surface area contributed by atoms with E-state index < -0.39 is 0 Å². The van der Waals surface area contributed by atoms with Crippen LogP contribution in [0.3, 0.4) is 0 Å². The highest BCUT2D eigenvalue weighted by Gasteiger charge is 2.22. The lowest BCUT2D eigenvalue weighted by molar-refractivity contribution is -0.126. The SMILES string of the molecule is CCCC(COC)NC(=O)[C@H]1CCCNC1. The maximum absolute atomic E-state index is 12.0. The van der Waals surface area contributed by atoms with Crippen LogP contribution >= 0.6 is 0 Å². The molecule has 0 saturated carbocycles. The van der Waals surface area contributed by atoms with Gasteiger partial charge in [0.2, 0.25) is 5.91 Å². The molecule has 94 valence electrons. The van der Waals surface area contributed by atoms with Gasteiger partial charge in [-0.25, -0.2) is 0 Å². The monoisotopic (exact) mass is 228 g/mol. The number of amides is 1. The summed E-state index contributed by atoms with van der Waals surface area (Å²) < 4.78 is 5.11. The second-order valence-electron chi connectivity index (χ2n) is 4.49. The molecule has 1 fully saturated rings. The molecule has 1 amide bonds. The van der Waals surface area contributed by atoms with Crippen LogP contribution in [0, 0.1) is 5.92 Å². The molecule has 4 heteroatoms. The van der Waals surface area contributed by atoms with E-state index >= 15 is 0 Å². The number of hydrogen-bond acceptors (Lipinski definition) is 3. The summed E-state index contributed by atoms with van der Waals surface area (Å²) >= 11 is 0. The van der Waals surface area contributed by atoms with Crippen LogP contribution in [0.2, 0.25) is 0 Å². The van der Waals surface area contributed by atoms with E-state index in [1.165, 1.54) is 0 Å². The van der Waals surface area contributed by atoms with Crippen molar-refractivity contribution in [2.24, 2.45) is 5.92 Å². The summed E-state index contributed by atoms with van der Waals surface area (Å²) in [5.41, 5.74) is 0. The van der Waals surface area contributed by atoms with Gasteiger partial charge in [-0.15, -0.1) is 0 Å². The molecule has 0 aromatic heterocycles.